The van der Waals surface area contributed by atoms with Crippen molar-refractivity contribution in [3.05, 3.63) is 126 Å². The SMILES string of the molecule is CCCC(NC(=O)[C@H](Cc1cn(C(=O)OCc2ccccc2)cn1)NC(=O)[C@@H](N)C1CCCCC1)C(O)C(=O)NCC(=O)N[C@H](C(=O)OCc1ccccc1)c1ccccc1. The zero-order valence-electron chi connectivity index (χ0n) is 34.2. The topological polar surface area (TPSA) is 233 Å². The van der Waals surface area contributed by atoms with Gasteiger partial charge in [-0.05, 0) is 41.9 Å². The van der Waals surface area contributed by atoms with E-state index in [-0.39, 0.29) is 37.7 Å². The largest absolute Gasteiger partial charge is 0.459 e. The third-order valence-electron chi connectivity index (χ3n) is 10.5. The number of benzene rings is 3. The lowest BCUT2D eigenvalue weighted by atomic mass is 9.84. The molecular formula is C45H55N7O9. The number of ether oxygens (including phenoxy) is 2. The fraction of sp³-hybridized carbons (Fsp3) is 0.400. The first kappa shape index (κ1) is 45.7. The molecule has 3 aromatic carbocycles. The molecule has 61 heavy (non-hydrogen) atoms. The fourth-order valence-corrected chi connectivity index (χ4v) is 7.06. The van der Waals surface area contributed by atoms with Crippen LogP contribution in [-0.4, -0.2) is 81.1 Å². The van der Waals surface area contributed by atoms with E-state index in [0.29, 0.717) is 12.0 Å². The van der Waals surface area contributed by atoms with Crippen LogP contribution in [0, 0.1) is 5.92 Å². The normalized spacial score (nSPS) is 15.2. The zero-order chi connectivity index (χ0) is 43.6. The van der Waals surface area contributed by atoms with Gasteiger partial charge in [0.15, 0.2) is 12.1 Å². The van der Waals surface area contributed by atoms with E-state index in [2.05, 4.69) is 26.3 Å². The Morgan fingerprint density at radius 1 is 0.787 bits per heavy atom. The summed E-state index contributed by atoms with van der Waals surface area (Å²) >= 11 is 0. The Morgan fingerprint density at radius 3 is 2.02 bits per heavy atom. The molecule has 0 spiro atoms. The van der Waals surface area contributed by atoms with Crippen LogP contribution < -0.4 is 27.0 Å². The molecular weight excluding hydrogens is 783 g/mol. The first-order valence-electron chi connectivity index (χ1n) is 20.6. The van der Waals surface area contributed by atoms with E-state index >= 15 is 0 Å². The Hall–Kier alpha value is -6.39. The van der Waals surface area contributed by atoms with Crippen LogP contribution in [0.25, 0.3) is 0 Å². The minimum atomic E-state index is -1.81. The maximum absolute atomic E-state index is 14.0. The number of imidazole rings is 1. The fourth-order valence-electron chi connectivity index (χ4n) is 7.06. The van der Waals surface area contributed by atoms with Gasteiger partial charge < -0.3 is 41.6 Å². The highest BCUT2D eigenvalue weighted by Gasteiger charge is 2.34. The van der Waals surface area contributed by atoms with E-state index in [1.807, 2.05) is 48.5 Å². The van der Waals surface area contributed by atoms with Crippen molar-refractivity contribution in [2.24, 2.45) is 11.7 Å². The van der Waals surface area contributed by atoms with Crippen LogP contribution in [0.5, 0.6) is 0 Å². The summed E-state index contributed by atoms with van der Waals surface area (Å²) in [4.78, 5) is 84.1. The first-order valence-corrected chi connectivity index (χ1v) is 20.6. The number of aromatic nitrogens is 2. The molecule has 324 valence electrons. The molecule has 2 unspecified atom stereocenters. The number of carbonyl (C=O) groups excluding carboxylic acids is 6. The number of nitrogens with one attached hydrogen (secondary N) is 4. The van der Waals surface area contributed by atoms with Gasteiger partial charge >= 0.3 is 12.1 Å². The van der Waals surface area contributed by atoms with Gasteiger partial charge in [-0.25, -0.2) is 19.1 Å². The third kappa shape index (κ3) is 14.1. The molecule has 1 aliphatic rings. The van der Waals surface area contributed by atoms with Crippen molar-refractivity contribution in [1.29, 1.82) is 0 Å². The van der Waals surface area contributed by atoms with Gasteiger partial charge in [0.05, 0.1) is 24.3 Å². The lowest BCUT2D eigenvalue weighted by Gasteiger charge is -2.29. The van der Waals surface area contributed by atoms with E-state index in [4.69, 9.17) is 15.2 Å². The van der Waals surface area contributed by atoms with E-state index in [1.54, 1.807) is 49.4 Å². The Bertz CT molecular complexity index is 2040. The highest BCUT2D eigenvalue weighted by atomic mass is 16.5. The van der Waals surface area contributed by atoms with Crippen molar-refractivity contribution in [2.45, 2.75) is 102 Å². The van der Waals surface area contributed by atoms with E-state index in [9.17, 15) is 33.9 Å². The number of hydrogen-bond acceptors (Lipinski definition) is 11. The molecule has 1 saturated carbocycles. The maximum atomic E-state index is 14.0. The van der Waals surface area contributed by atoms with Gasteiger partial charge in [0.25, 0.3) is 5.91 Å². The first-order chi connectivity index (χ1) is 29.5. The van der Waals surface area contributed by atoms with Crippen LogP contribution in [-0.2, 0) is 53.1 Å². The molecule has 1 aromatic heterocycles. The lowest BCUT2D eigenvalue weighted by Crippen LogP contribution is -2.58. The summed E-state index contributed by atoms with van der Waals surface area (Å²) < 4.78 is 12.0. The van der Waals surface area contributed by atoms with Gasteiger partial charge in [-0.1, -0.05) is 124 Å². The van der Waals surface area contributed by atoms with Crippen LogP contribution in [0.3, 0.4) is 0 Å². The van der Waals surface area contributed by atoms with Gasteiger partial charge in [-0.3, -0.25) is 19.2 Å². The predicted octanol–water partition coefficient (Wildman–Crippen LogP) is 3.37. The summed E-state index contributed by atoms with van der Waals surface area (Å²) in [7, 11) is 0. The summed E-state index contributed by atoms with van der Waals surface area (Å²) in [6, 6.07) is 22.2. The highest BCUT2D eigenvalue weighted by Crippen LogP contribution is 2.26. The second-order valence-corrected chi connectivity index (χ2v) is 15.1. The lowest BCUT2D eigenvalue weighted by molar-refractivity contribution is -0.149. The van der Waals surface area contributed by atoms with Crippen LogP contribution in [0.4, 0.5) is 4.79 Å². The third-order valence-corrected chi connectivity index (χ3v) is 10.5. The Kier molecular flexibility index (Phi) is 17.5. The number of esters is 1. The van der Waals surface area contributed by atoms with Crippen molar-refractivity contribution < 1.29 is 43.3 Å². The van der Waals surface area contributed by atoms with E-state index < -0.39 is 72.5 Å². The van der Waals surface area contributed by atoms with Gasteiger partial charge in [0, 0.05) is 12.6 Å². The molecule has 0 bridgehead atoms. The van der Waals surface area contributed by atoms with Crippen LogP contribution in [0.15, 0.2) is 104 Å². The van der Waals surface area contributed by atoms with Crippen molar-refractivity contribution in [3.63, 3.8) is 0 Å². The molecule has 0 saturated heterocycles. The van der Waals surface area contributed by atoms with E-state index in [0.717, 1.165) is 47.8 Å². The summed E-state index contributed by atoms with van der Waals surface area (Å²) in [6.07, 6.45) is 5.08. The second-order valence-electron chi connectivity index (χ2n) is 15.1. The summed E-state index contributed by atoms with van der Waals surface area (Å²) in [6.45, 7) is 1.21. The average Bonchev–Trinajstić information content (AvgIpc) is 3.77. The molecule has 1 aliphatic carbocycles. The summed E-state index contributed by atoms with van der Waals surface area (Å²) in [5.74, 6) is -3.73. The van der Waals surface area contributed by atoms with Gasteiger partial charge in [0.1, 0.15) is 25.6 Å². The second kappa shape index (κ2) is 23.4. The number of nitrogens with zero attached hydrogens (tertiary/aromatic N) is 2. The van der Waals surface area contributed by atoms with Gasteiger partial charge in [-0.2, -0.15) is 0 Å². The van der Waals surface area contributed by atoms with Crippen molar-refractivity contribution in [3.8, 4) is 0 Å². The monoisotopic (exact) mass is 837 g/mol. The van der Waals surface area contributed by atoms with E-state index in [1.165, 1.54) is 12.5 Å². The molecule has 7 N–H and O–H groups in total. The number of aliphatic hydroxyl groups excluding tert-OH is 1. The summed E-state index contributed by atoms with van der Waals surface area (Å²) in [5.41, 5.74) is 8.68. The minimum absolute atomic E-state index is 0.0166. The van der Waals surface area contributed by atoms with Gasteiger partial charge in [0.2, 0.25) is 17.7 Å². The average molecular weight is 838 g/mol. The number of rotatable bonds is 20. The minimum Gasteiger partial charge on any atom is -0.459 e. The van der Waals surface area contributed by atoms with Crippen molar-refractivity contribution in [2.75, 3.05) is 6.54 Å². The van der Waals surface area contributed by atoms with Crippen LogP contribution in [0.1, 0.15) is 80.3 Å². The molecule has 0 radical (unpaired) electrons. The molecule has 16 nitrogen and oxygen atoms in total. The smallest absolute Gasteiger partial charge is 0.419 e. The zero-order valence-corrected chi connectivity index (χ0v) is 34.2. The van der Waals surface area contributed by atoms with Crippen molar-refractivity contribution in [1.82, 2.24) is 30.8 Å². The Morgan fingerprint density at radius 2 is 1.39 bits per heavy atom. The number of hydrogen-bond donors (Lipinski definition) is 6. The number of aliphatic hydroxyl groups is 1. The Balaban J connectivity index is 1.22. The van der Waals surface area contributed by atoms with Crippen molar-refractivity contribution >= 4 is 35.7 Å². The number of amides is 4. The molecule has 1 heterocycles. The maximum Gasteiger partial charge on any atom is 0.419 e. The molecule has 5 atom stereocenters. The van der Waals surface area contributed by atoms with Crippen LogP contribution in [0.2, 0.25) is 0 Å². The number of carbonyl (C=O) groups is 6. The summed E-state index contributed by atoms with van der Waals surface area (Å²) in [5, 5.41) is 21.6. The predicted molar refractivity (Wildman–Crippen MR) is 224 cm³/mol. The molecule has 4 aromatic rings. The van der Waals surface area contributed by atoms with Gasteiger partial charge in [-0.15, -0.1) is 0 Å². The molecule has 16 heteroatoms. The molecule has 0 aliphatic heterocycles. The molecule has 1 fully saturated rings. The molecule has 5 rings (SSSR count). The van der Waals surface area contributed by atoms with Crippen LogP contribution >= 0.6 is 0 Å². The Labute approximate surface area is 355 Å². The highest BCUT2D eigenvalue weighted by molar-refractivity contribution is 5.92. The number of nitrogens with two attached hydrogens (primary N) is 1. The molecule has 4 amide bonds. The quantitative estimate of drug-likeness (QED) is 0.0707. The standard InChI is InChI=1S/C45H55N7O9/c1-2-15-35(40(54)43(57)47-25-37(53)51-39(33-22-13-6-14-23-33)44(58)60-27-30-16-7-3-8-17-30)49-41(55)36(50-42(56)38(46)32-20-11-5-12-21-32)24-34-26-52(29-48-34)45(59)61-28-31-18-9-4-10-19-31/h3-4,6-10,13-14,16-19,22-23,26,29,32,35-36,38-40,54H,2,5,11-12,15,20-21,24-25,27-28,46H2,1H3,(H,47,57)(H,49,55)(H,50,56)(H,51,53)/t35?,36-,38-,39-,40?/m0/s1.